The summed E-state index contributed by atoms with van der Waals surface area (Å²) in [5.74, 6) is 7.04. The van der Waals surface area contributed by atoms with Gasteiger partial charge in [-0.05, 0) is 49.4 Å². The molecular weight excluding hydrogens is 560 g/mol. The minimum Gasteiger partial charge on any atom is -0.487 e. The van der Waals surface area contributed by atoms with Crippen molar-refractivity contribution in [3.05, 3.63) is 72.1 Å². The van der Waals surface area contributed by atoms with Crippen molar-refractivity contribution >= 4 is 21.7 Å². The molecule has 220 valence electrons. The van der Waals surface area contributed by atoms with Gasteiger partial charge in [0.2, 0.25) is 16.8 Å². The van der Waals surface area contributed by atoms with Crippen molar-refractivity contribution in [1.29, 1.82) is 0 Å². The second kappa shape index (κ2) is 12.3. The highest BCUT2D eigenvalue weighted by molar-refractivity contribution is 7.89. The molecule has 0 unspecified atom stereocenters. The Morgan fingerprint density at radius 2 is 1.83 bits per heavy atom. The van der Waals surface area contributed by atoms with Crippen molar-refractivity contribution in [1.82, 2.24) is 14.2 Å². The molecule has 12 heteroatoms. The number of aliphatic hydroxyl groups is 1. The first-order valence-corrected chi connectivity index (χ1v) is 14.9. The SMILES string of the molecule is C[C@H](CO)N1C[C@H](C)[C@@H](CN(C)C(=O)Nc2ccc3c(c2)OCO3)Oc2cc(C#Cc3ccncc3)ccc2S1(=O)=O. The zero-order chi connectivity index (χ0) is 29.9. The first-order valence-electron chi connectivity index (χ1n) is 13.4. The summed E-state index contributed by atoms with van der Waals surface area (Å²) in [6, 6.07) is 12.3. The van der Waals surface area contributed by atoms with Crippen molar-refractivity contribution in [3.63, 3.8) is 0 Å². The second-order valence-electron chi connectivity index (χ2n) is 10.3. The molecule has 2 N–H and O–H groups in total. The molecule has 2 aliphatic rings. The number of pyridine rings is 1. The summed E-state index contributed by atoms with van der Waals surface area (Å²) in [4.78, 5) is 18.6. The van der Waals surface area contributed by atoms with E-state index in [-0.39, 0.29) is 49.1 Å². The zero-order valence-electron chi connectivity index (χ0n) is 23.5. The van der Waals surface area contributed by atoms with Crippen LogP contribution in [0.1, 0.15) is 25.0 Å². The quantitative estimate of drug-likeness (QED) is 0.432. The molecule has 11 nitrogen and oxygen atoms in total. The molecule has 2 aliphatic heterocycles. The van der Waals surface area contributed by atoms with Crippen LogP contribution in [-0.4, -0.2) is 79.4 Å². The molecule has 3 atom stereocenters. The number of carbonyl (C=O) groups excluding carboxylic acids is 1. The zero-order valence-corrected chi connectivity index (χ0v) is 24.3. The standard InChI is InChI=1S/C30H32N4O7S/c1-20-16-34(21(2)18-35)42(37,38)29-9-6-23(5-4-22-10-12-31-13-11-22)14-27(29)41-28(20)17-33(3)30(36)32-24-7-8-25-26(15-24)40-19-39-25/h6-15,20-21,28,35H,16-19H2,1-3H3,(H,32,36)/t20-,21+,28+/m0/s1. The van der Waals surface area contributed by atoms with Gasteiger partial charge in [-0.1, -0.05) is 18.8 Å². The molecular formula is C30H32N4O7S. The maximum atomic E-state index is 13.7. The third-order valence-corrected chi connectivity index (χ3v) is 9.14. The van der Waals surface area contributed by atoms with E-state index in [0.717, 1.165) is 5.56 Å². The highest BCUT2D eigenvalue weighted by Crippen LogP contribution is 2.35. The number of nitrogens with one attached hydrogen (secondary N) is 1. The van der Waals surface area contributed by atoms with E-state index >= 15 is 0 Å². The first kappa shape index (κ1) is 29.2. The number of benzene rings is 2. The number of fused-ring (bicyclic) bond motifs is 2. The molecule has 1 aromatic heterocycles. The van der Waals surface area contributed by atoms with Crippen LogP contribution in [0.15, 0.2) is 65.8 Å². The maximum Gasteiger partial charge on any atom is 0.321 e. The van der Waals surface area contributed by atoms with E-state index in [0.29, 0.717) is 22.7 Å². The lowest BCUT2D eigenvalue weighted by molar-refractivity contribution is 0.0830. The number of anilines is 1. The highest BCUT2D eigenvalue weighted by atomic mass is 32.2. The number of amides is 2. The fourth-order valence-electron chi connectivity index (χ4n) is 4.65. The van der Waals surface area contributed by atoms with Crippen LogP contribution >= 0.6 is 0 Å². The molecule has 3 aromatic rings. The molecule has 0 saturated carbocycles. The number of carbonyl (C=O) groups is 1. The lowest BCUT2D eigenvalue weighted by atomic mass is 10.0. The average Bonchev–Trinajstić information content (AvgIpc) is 3.46. The third-order valence-electron chi connectivity index (χ3n) is 7.12. The predicted molar refractivity (Wildman–Crippen MR) is 155 cm³/mol. The van der Waals surface area contributed by atoms with E-state index < -0.39 is 22.2 Å². The van der Waals surface area contributed by atoms with E-state index in [1.165, 1.54) is 15.3 Å². The van der Waals surface area contributed by atoms with Crippen molar-refractivity contribution < 1.29 is 32.5 Å². The normalized spacial score (nSPS) is 19.6. The first-order chi connectivity index (χ1) is 20.2. The van der Waals surface area contributed by atoms with Crippen LogP contribution in [0.25, 0.3) is 0 Å². The topological polar surface area (TPSA) is 131 Å². The van der Waals surface area contributed by atoms with Gasteiger partial charge in [0.25, 0.3) is 0 Å². The third kappa shape index (κ3) is 6.28. The molecule has 2 amide bonds. The fraction of sp³-hybridized carbons (Fsp3) is 0.333. The molecule has 5 rings (SSSR count). The Balaban J connectivity index is 1.42. The second-order valence-corrected chi connectivity index (χ2v) is 12.1. The molecule has 2 aromatic carbocycles. The molecule has 42 heavy (non-hydrogen) atoms. The van der Waals surface area contributed by atoms with E-state index in [1.54, 1.807) is 68.8 Å². The largest absolute Gasteiger partial charge is 0.487 e. The van der Waals surface area contributed by atoms with Gasteiger partial charge in [-0.2, -0.15) is 4.31 Å². The Hall–Kier alpha value is -4.31. The average molecular weight is 593 g/mol. The Bertz CT molecular complexity index is 1620. The number of sulfonamides is 1. The summed E-state index contributed by atoms with van der Waals surface area (Å²) in [6.07, 6.45) is 2.70. The van der Waals surface area contributed by atoms with Gasteiger partial charge < -0.3 is 29.5 Å². The van der Waals surface area contributed by atoms with Gasteiger partial charge >= 0.3 is 6.03 Å². The van der Waals surface area contributed by atoms with Gasteiger partial charge in [0.15, 0.2) is 11.5 Å². The maximum absolute atomic E-state index is 13.7. The van der Waals surface area contributed by atoms with Crippen molar-refractivity contribution in [2.24, 2.45) is 5.92 Å². The van der Waals surface area contributed by atoms with Crippen LogP contribution in [0.2, 0.25) is 0 Å². The molecule has 0 aliphatic carbocycles. The van der Waals surface area contributed by atoms with E-state index in [9.17, 15) is 18.3 Å². The molecule has 0 spiro atoms. The van der Waals surface area contributed by atoms with Crippen LogP contribution in [0.4, 0.5) is 10.5 Å². The summed E-state index contributed by atoms with van der Waals surface area (Å²) >= 11 is 0. The van der Waals surface area contributed by atoms with Gasteiger partial charge in [0, 0.05) is 60.8 Å². The molecule has 0 saturated heterocycles. The molecule has 0 radical (unpaired) electrons. The number of aliphatic hydroxyl groups excluding tert-OH is 1. The van der Waals surface area contributed by atoms with E-state index in [4.69, 9.17) is 14.2 Å². The fourth-order valence-corrected chi connectivity index (χ4v) is 6.47. The summed E-state index contributed by atoms with van der Waals surface area (Å²) in [7, 11) is -2.37. The Labute approximate surface area is 245 Å². The van der Waals surface area contributed by atoms with Crippen LogP contribution in [0.5, 0.6) is 17.2 Å². The minimum absolute atomic E-state index is 0.0263. The van der Waals surface area contributed by atoms with Crippen molar-refractivity contribution in [2.75, 3.05) is 38.9 Å². The van der Waals surface area contributed by atoms with E-state index in [2.05, 4.69) is 22.1 Å². The number of urea groups is 1. The number of nitrogens with zero attached hydrogens (tertiary/aromatic N) is 3. The smallest absolute Gasteiger partial charge is 0.321 e. The van der Waals surface area contributed by atoms with Gasteiger partial charge in [-0.25, -0.2) is 13.2 Å². The summed E-state index contributed by atoms with van der Waals surface area (Å²) < 4.78 is 45.8. The Morgan fingerprint density at radius 1 is 1.10 bits per heavy atom. The summed E-state index contributed by atoms with van der Waals surface area (Å²) in [5, 5.41) is 12.7. The number of ether oxygens (including phenoxy) is 3. The lowest BCUT2D eigenvalue weighted by Crippen LogP contribution is -2.50. The molecule has 0 fully saturated rings. The monoisotopic (exact) mass is 592 g/mol. The highest BCUT2D eigenvalue weighted by Gasteiger charge is 2.38. The van der Waals surface area contributed by atoms with Crippen LogP contribution in [0, 0.1) is 17.8 Å². The van der Waals surface area contributed by atoms with Crippen LogP contribution < -0.4 is 19.5 Å². The summed E-state index contributed by atoms with van der Waals surface area (Å²) in [5.41, 5.74) is 1.86. The Morgan fingerprint density at radius 3 is 2.60 bits per heavy atom. The molecule has 0 bridgehead atoms. The van der Waals surface area contributed by atoms with Crippen LogP contribution in [0.3, 0.4) is 0 Å². The van der Waals surface area contributed by atoms with Gasteiger partial charge in [0.05, 0.1) is 13.2 Å². The molecule has 3 heterocycles. The lowest BCUT2D eigenvalue weighted by Gasteiger charge is -2.37. The van der Waals surface area contributed by atoms with Crippen LogP contribution in [-0.2, 0) is 10.0 Å². The predicted octanol–water partition coefficient (Wildman–Crippen LogP) is 3.14. The Kier molecular flexibility index (Phi) is 8.54. The van der Waals surface area contributed by atoms with Gasteiger partial charge in [-0.15, -0.1) is 0 Å². The van der Waals surface area contributed by atoms with Crippen molar-refractivity contribution in [3.8, 4) is 29.1 Å². The number of aromatic nitrogens is 1. The number of rotatable bonds is 5. The number of hydrogen-bond donors (Lipinski definition) is 2. The number of likely N-dealkylation sites (N-methyl/N-ethyl adjacent to an activating group) is 1. The minimum atomic E-state index is -4.01. The summed E-state index contributed by atoms with van der Waals surface area (Å²) in [6.45, 7) is 3.55. The number of hydrogen-bond acceptors (Lipinski definition) is 8. The van der Waals surface area contributed by atoms with Crippen molar-refractivity contribution in [2.45, 2.75) is 30.9 Å². The van der Waals surface area contributed by atoms with Gasteiger partial charge in [-0.3, -0.25) is 4.98 Å². The van der Waals surface area contributed by atoms with Gasteiger partial charge in [0.1, 0.15) is 16.7 Å². The van der Waals surface area contributed by atoms with E-state index in [1.807, 2.05) is 6.92 Å².